The van der Waals surface area contributed by atoms with Gasteiger partial charge in [-0.15, -0.1) is 0 Å². The van der Waals surface area contributed by atoms with Crippen molar-refractivity contribution in [1.29, 1.82) is 0 Å². The molecule has 100 valence electrons. The molecule has 2 aliphatic rings. The summed E-state index contributed by atoms with van der Waals surface area (Å²) in [6.07, 6.45) is 5.79. The van der Waals surface area contributed by atoms with Gasteiger partial charge < -0.3 is 9.64 Å². The Balaban J connectivity index is 1.87. The van der Waals surface area contributed by atoms with Gasteiger partial charge in [-0.05, 0) is 57.0 Å². The Morgan fingerprint density at radius 3 is 2.35 bits per heavy atom. The molecule has 17 heavy (non-hydrogen) atoms. The molecule has 0 aromatic heterocycles. The standard InChI is InChI=1S/C15H29NO/c1-5-13(4)16-8-6-15(7-9-16)10-14(12(2)3)17-11-15/h12-14H,5-11H2,1-4H3. The van der Waals surface area contributed by atoms with E-state index in [0.717, 1.165) is 12.6 Å². The maximum Gasteiger partial charge on any atom is 0.0604 e. The first-order valence-corrected chi connectivity index (χ1v) is 7.42. The van der Waals surface area contributed by atoms with Crippen LogP contribution >= 0.6 is 0 Å². The van der Waals surface area contributed by atoms with E-state index < -0.39 is 0 Å². The smallest absolute Gasteiger partial charge is 0.0604 e. The second kappa shape index (κ2) is 5.27. The van der Waals surface area contributed by atoms with Gasteiger partial charge >= 0.3 is 0 Å². The zero-order valence-electron chi connectivity index (χ0n) is 12.0. The van der Waals surface area contributed by atoms with E-state index >= 15 is 0 Å². The quantitative estimate of drug-likeness (QED) is 0.749. The van der Waals surface area contributed by atoms with E-state index in [4.69, 9.17) is 4.74 Å². The lowest BCUT2D eigenvalue weighted by Gasteiger charge is -2.41. The molecule has 0 bridgehead atoms. The molecule has 0 aliphatic carbocycles. The minimum Gasteiger partial charge on any atom is -0.377 e. The highest BCUT2D eigenvalue weighted by Gasteiger charge is 2.43. The van der Waals surface area contributed by atoms with Gasteiger partial charge in [0, 0.05) is 6.04 Å². The molecule has 2 rings (SSSR count). The van der Waals surface area contributed by atoms with E-state index in [0.29, 0.717) is 17.4 Å². The van der Waals surface area contributed by atoms with Crippen LogP contribution in [0.2, 0.25) is 0 Å². The summed E-state index contributed by atoms with van der Waals surface area (Å²) in [4.78, 5) is 2.66. The lowest BCUT2D eigenvalue weighted by Crippen LogP contribution is -2.44. The van der Waals surface area contributed by atoms with E-state index in [-0.39, 0.29) is 0 Å². The van der Waals surface area contributed by atoms with Gasteiger partial charge in [0.15, 0.2) is 0 Å². The molecule has 0 amide bonds. The first-order chi connectivity index (χ1) is 8.06. The topological polar surface area (TPSA) is 12.5 Å². The van der Waals surface area contributed by atoms with Gasteiger partial charge in [-0.2, -0.15) is 0 Å². The summed E-state index contributed by atoms with van der Waals surface area (Å²) < 4.78 is 6.01. The Labute approximate surface area is 107 Å². The van der Waals surface area contributed by atoms with Crippen molar-refractivity contribution in [2.75, 3.05) is 19.7 Å². The van der Waals surface area contributed by atoms with Crippen LogP contribution in [0.5, 0.6) is 0 Å². The molecule has 2 aliphatic heterocycles. The highest BCUT2D eigenvalue weighted by Crippen LogP contribution is 2.43. The van der Waals surface area contributed by atoms with Gasteiger partial charge in [0.05, 0.1) is 12.7 Å². The van der Waals surface area contributed by atoms with Gasteiger partial charge in [-0.25, -0.2) is 0 Å². The third kappa shape index (κ3) is 2.85. The average molecular weight is 239 g/mol. The molecule has 2 heteroatoms. The Morgan fingerprint density at radius 2 is 1.88 bits per heavy atom. The maximum atomic E-state index is 6.01. The molecule has 0 N–H and O–H groups in total. The summed E-state index contributed by atoms with van der Waals surface area (Å²) >= 11 is 0. The molecule has 0 aromatic carbocycles. The monoisotopic (exact) mass is 239 g/mol. The molecular formula is C15H29NO. The fourth-order valence-electron chi connectivity index (χ4n) is 3.30. The molecule has 2 atom stereocenters. The summed E-state index contributed by atoms with van der Waals surface area (Å²) in [6.45, 7) is 12.8. The predicted molar refractivity (Wildman–Crippen MR) is 72.2 cm³/mol. The normalized spacial score (nSPS) is 31.2. The van der Waals surface area contributed by atoms with Crippen LogP contribution in [0.15, 0.2) is 0 Å². The Bertz CT molecular complexity index is 243. The van der Waals surface area contributed by atoms with Crippen LogP contribution in [0.4, 0.5) is 0 Å². The number of ether oxygens (including phenoxy) is 1. The molecule has 0 radical (unpaired) electrons. The molecular weight excluding hydrogens is 210 g/mol. The zero-order valence-corrected chi connectivity index (χ0v) is 12.0. The second-order valence-electron chi connectivity index (χ2n) is 6.59. The fraction of sp³-hybridized carbons (Fsp3) is 1.00. The van der Waals surface area contributed by atoms with Gasteiger partial charge in [0.2, 0.25) is 0 Å². The fourth-order valence-corrected chi connectivity index (χ4v) is 3.30. The van der Waals surface area contributed by atoms with E-state index in [1.807, 2.05) is 0 Å². The third-order valence-corrected chi connectivity index (χ3v) is 5.05. The molecule has 1 spiro atoms. The Hall–Kier alpha value is -0.0800. The molecule has 2 heterocycles. The van der Waals surface area contributed by atoms with Crippen molar-refractivity contribution in [2.24, 2.45) is 11.3 Å². The average Bonchev–Trinajstić information content (AvgIpc) is 2.74. The van der Waals surface area contributed by atoms with Crippen molar-refractivity contribution in [3.05, 3.63) is 0 Å². The van der Waals surface area contributed by atoms with Crippen molar-refractivity contribution in [3.8, 4) is 0 Å². The van der Waals surface area contributed by atoms with E-state index in [1.54, 1.807) is 0 Å². The second-order valence-corrected chi connectivity index (χ2v) is 6.59. The third-order valence-electron chi connectivity index (χ3n) is 5.05. The summed E-state index contributed by atoms with van der Waals surface area (Å²) in [5.41, 5.74) is 0.527. The van der Waals surface area contributed by atoms with Crippen LogP contribution in [-0.4, -0.2) is 36.7 Å². The lowest BCUT2D eigenvalue weighted by atomic mass is 9.75. The highest BCUT2D eigenvalue weighted by atomic mass is 16.5. The van der Waals surface area contributed by atoms with Crippen LogP contribution < -0.4 is 0 Å². The van der Waals surface area contributed by atoms with Crippen molar-refractivity contribution < 1.29 is 4.74 Å². The molecule has 2 unspecified atom stereocenters. The number of piperidine rings is 1. The number of hydrogen-bond donors (Lipinski definition) is 0. The summed E-state index contributed by atoms with van der Waals surface area (Å²) in [6, 6.07) is 0.760. The van der Waals surface area contributed by atoms with Crippen molar-refractivity contribution in [3.63, 3.8) is 0 Å². The van der Waals surface area contributed by atoms with Crippen LogP contribution in [-0.2, 0) is 4.74 Å². The maximum absolute atomic E-state index is 6.01. The largest absolute Gasteiger partial charge is 0.377 e. The number of rotatable bonds is 3. The van der Waals surface area contributed by atoms with Gasteiger partial charge in [-0.1, -0.05) is 20.8 Å². The minimum atomic E-state index is 0.519. The molecule has 2 nitrogen and oxygen atoms in total. The van der Waals surface area contributed by atoms with Crippen molar-refractivity contribution in [1.82, 2.24) is 4.90 Å². The van der Waals surface area contributed by atoms with Gasteiger partial charge in [-0.3, -0.25) is 0 Å². The number of likely N-dealkylation sites (tertiary alicyclic amines) is 1. The van der Waals surface area contributed by atoms with Crippen LogP contribution in [0, 0.1) is 11.3 Å². The first-order valence-electron chi connectivity index (χ1n) is 7.42. The van der Waals surface area contributed by atoms with Crippen LogP contribution in [0.1, 0.15) is 53.4 Å². The summed E-state index contributed by atoms with van der Waals surface area (Å²) in [5.74, 6) is 0.682. The van der Waals surface area contributed by atoms with Crippen molar-refractivity contribution >= 4 is 0 Å². The SMILES string of the molecule is CCC(C)N1CCC2(CC1)COC(C(C)C)C2. The van der Waals surface area contributed by atoms with E-state index in [1.165, 1.54) is 38.8 Å². The van der Waals surface area contributed by atoms with Crippen molar-refractivity contribution in [2.45, 2.75) is 65.5 Å². The number of nitrogens with zero attached hydrogens (tertiary/aromatic N) is 1. The van der Waals surface area contributed by atoms with Crippen LogP contribution in [0.25, 0.3) is 0 Å². The minimum absolute atomic E-state index is 0.519. The summed E-state index contributed by atoms with van der Waals surface area (Å²) in [5, 5.41) is 0. The number of hydrogen-bond acceptors (Lipinski definition) is 2. The van der Waals surface area contributed by atoms with Gasteiger partial charge in [0.1, 0.15) is 0 Å². The highest BCUT2D eigenvalue weighted by molar-refractivity contribution is 4.93. The lowest BCUT2D eigenvalue weighted by molar-refractivity contribution is 0.0434. The molecule has 2 fully saturated rings. The Kier molecular flexibility index (Phi) is 4.14. The zero-order chi connectivity index (χ0) is 12.5. The van der Waals surface area contributed by atoms with E-state index in [2.05, 4.69) is 32.6 Å². The summed E-state index contributed by atoms with van der Waals surface area (Å²) in [7, 11) is 0. The van der Waals surface area contributed by atoms with Gasteiger partial charge in [0.25, 0.3) is 0 Å². The molecule has 0 aromatic rings. The van der Waals surface area contributed by atoms with E-state index in [9.17, 15) is 0 Å². The Morgan fingerprint density at radius 1 is 1.24 bits per heavy atom. The molecule has 2 saturated heterocycles. The first kappa shape index (κ1) is 13.4. The molecule has 0 saturated carbocycles. The predicted octanol–water partition coefficient (Wildman–Crippen LogP) is 3.31. The van der Waals surface area contributed by atoms with Crippen LogP contribution in [0.3, 0.4) is 0 Å².